The molecule has 0 spiro atoms. The van der Waals surface area contributed by atoms with Crippen molar-refractivity contribution in [2.45, 2.75) is 44.6 Å². The molecule has 0 bridgehead atoms. The van der Waals surface area contributed by atoms with Crippen LogP contribution in [0.1, 0.15) is 33.3 Å². The number of halogens is 1. The first-order chi connectivity index (χ1) is 7.65. The first kappa shape index (κ1) is 14.7. The molecule has 0 heterocycles. The Balaban J connectivity index is 3.24. The highest BCUT2D eigenvalue weighted by molar-refractivity contribution is 9.10. The van der Waals surface area contributed by atoms with Gasteiger partial charge in [0.25, 0.3) is 0 Å². The highest BCUT2D eigenvalue weighted by Gasteiger charge is 2.23. The monoisotopic (exact) mass is 319 g/mol. The number of hydrogen-bond acceptors (Lipinski definition) is 2. The molecule has 0 atom stereocenters. The Morgan fingerprint density at radius 1 is 1.29 bits per heavy atom. The third kappa shape index (κ3) is 4.08. The minimum Gasteiger partial charge on any atom is -0.207 e. The van der Waals surface area contributed by atoms with E-state index in [0.29, 0.717) is 11.3 Å². The second-order valence-electron chi connectivity index (χ2n) is 4.96. The highest BCUT2D eigenvalue weighted by atomic mass is 79.9. The van der Waals surface area contributed by atoms with Gasteiger partial charge in [0.15, 0.2) is 0 Å². The van der Waals surface area contributed by atoms with Crippen LogP contribution in [-0.2, 0) is 16.4 Å². The van der Waals surface area contributed by atoms with E-state index in [2.05, 4.69) is 20.7 Å². The predicted octanol–water partition coefficient (Wildman–Crippen LogP) is 3.09. The van der Waals surface area contributed by atoms with Gasteiger partial charge in [-0.15, -0.1) is 0 Å². The molecule has 0 saturated heterocycles. The molecule has 0 unspecified atom stereocenters. The Labute approximate surface area is 112 Å². The van der Waals surface area contributed by atoms with Crippen molar-refractivity contribution in [3.05, 3.63) is 28.2 Å². The molecule has 5 heteroatoms. The van der Waals surface area contributed by atoms with Gasteiger partial charge >= 0.3 is 0 Å². The molecule has 0 aliphatic rings. The van der Waals surface area contributed by atoms with Crippen LogP contribution in [0.15, 0.2) is 27.6 Å². The fourth-order valence-corrected chi connectivity index (χ4v) is 3.66. The van der Waals surface area contributed by atoms with E-state index in [9.17, 15) is 8.42 Å². The highest BCUT2D eigenvalue weighted by Crippen LogP contribution is 2.22. The summed E-state index contributed by atoms with van der Waals surface area (Å²) in [7, 11) is -3.45. The van der Waals surface area contributed by atoms with Gasteiger partial charge < -0.3 is 0 Å². The van der Waals surface area contributed by atoms with Crippen LogP contribution in [0.4, 0.5) is 0 Å². The number of benzene rings is 1. The average Bonchev–Trinajstić information content (AvgIpc) is 2.13. The van der Waals surface area contributed by atoms with Gasteiger partial charge in [-0.1, -0.05) is 22.9 Å². The maximum Gasteiger partial charge on any atom is 0.241 e. The lowest BCUT2D eigenvalue weighted by atomic mass is 10.1. The molecular formula is C12H18BrNO2S. The van der Waals surface area contributed by atoms with Gasteiger partial charge in [-0.2, -0.15) is 0 Å². The van der Waals surface area contributed by atoms with Gasteiger partial charge in [-0.05, 0) is 51.0 Å². The molecule has 0 aliphatic heterocycles. The number of rotatable bonds is 3. The van der Waals surface area contributed by atoms with Crippen LogP contribution in [0.3, 0.4) is 0 Å². The molecule has 0 fully saturated rings. The van der Waals surface area contributed by atoms with E-state index in [0.717, 1.165) is 10.0 Å². The minimum atomic E-state index is -3.45. The van der Waals surface area contributed by atoms with Gasteiger partial charge in [0.1, 0.15) is 0 Å². The van der Waals surface area contributed by atoms with E-state index in [1.165, 1.54) is 0 Å². The Kier molecular flexibility index (Phi) is 4.38. The van der Waals surface area contributed by atoms with Crippen LogP contribution in [0.25, 0.3) is 0 Å². The van der Waals surface area contributed by atoms with Crippen molar-refractivity contribution >= 4 is 26.0 Å². The van der Waals surface area contributed by atoms with Crippen molar-refractivity contribution < 1.29 is 8.42 Å². The van der Waals surface area contributed by atoms with Crippen molar-refractivity contribution in [1.82, 2.24) is 4.72 Å². The van der Waals surface area contributed by atoms with Crippen molar-refractivity contribution in [1.29, 1.82) is 0 Å². The van der Waals surface area contributed by atoms with Gasteiger partial charge in [-0.25, -0.2) is 13.1 Å². The van der Waals surface area contributed by atoms with E-state index in [1.807, 2.05) is 33.8 Å². The number of sulfonamides is 1. The lowest BCUT2D eigenvalue weighted by Crippen LogP contribution is -2.40. The molecule has 1 aromatic rings. The average molecular weight is 320 g/mol. The SMILES string of the molecule is CCc1cc(Br)ccc1S(=O)(=O)NC(C)(C)C. The van der Waals surface area contributed by atoms with Crippen LogP contribution >= 0.6 is 15.9 Å². The minimum absolute atomic E-state index is 0.359. The quantitative estimate of drug-likeness (QED) is 0.930. The molecule has 3 nitrogen and oxygen atoms in total. The molecule has 96 valence electrons. The Morgan fingerprint density at radius 2 is 1.88 bits per heavy atom. The first-order valence-corrected chi connectivity index (χ1v) is 7.76. The lowest BCUT2D eigenvalue weighted by molar-refractivity contribution is 0.491. The maximum atomic E-state index is 12.2. The largest absolute Gasteiger partial charge is 0.241 e. The summed E-state index contributed by atoms with van der Waals surface area (Å²) in [6, 6.07) is 5.23. The van der Waals surface area contributed by atoms with Crippen molar-refractivity contribution in [3.63, 3.8) is 0 Å². The molecule has 1 aromatic carbocycles. The summed E-state index contributed by atoms with van der Waals surface area (Å²) in [4.78, 5) is 0.359. The summed E-state index contributed by atoms with van der Waals surface area (Å²) in [5, 5.41) is 0. The van der Waals surface area contributed by atoms with E-state index in [4.69, 9.17) is 0 Å². The van der Waals surface area contributed by atoms with Gasteiger partial charge in [-0.3, -0.25) is 0 Å². The number of aryl methyl sites for hydroxylation is 1. The Hall–Kier alpha value is -0.390. The molecule has 0 amide bonds. The molecule has 0 radical (unpaired) electrons. The third-order valence-electron chi connectivity index (χ3n) is 2.13. The molecular weight excluding hydrogens is 302 g/mol. The molecule has 17 heavy (non-hydrogen) atoms. The topological polar surface area (TPSA) is 46.2 Å². The van der Waals surface area contributed by atoms with E-state index in [-0.39, 0.29) is 0 Å². The van der Waals surface area contributed by atoms with Crippen molar-refractivity contribution in [3.8, 4) is 0 Å². The van der Waals surface area contributed by atoms with Gasteiger partial charge in [0, 0.05) is 10.0 Å². The zero-order valence-corrected chi connectivity index (χ0v) is 12.9. The summed E-state index contributed by atoms with van der Waals surface area (Å²) in [5.74, 6) is 0. The van der Waals surface area contributed by atoms with Crippen LogP contribution in [0, 0.1) is 0 Å². The Morgan fingerprint density at radius 3 is 2.35 bits per heavy atom. The molecule has 0 saturated carbocycles. The van der Waals surface area contributed by atoms with Crippen LogP contribution in [-0.4, -0.2) is 14.0 Å². The molecule has 1 rings (SSSR count). The lowest BCUT2D eigenvalue weighted by Gasteiger charge is -2.21. The summed E-state index contributed by atoms with van der Waals surface area (Å²) < 4.78 is 28.0. The molecule has 0 aromatic heterocycles. The summed E-state index contributed by atoms with van der Waals surface area (Å²) in [6.07, 6.45) is 0.680. The summed E-state index contributed by atoms with van der Waals surface area (Å²) in [6.45, 7) is 7.43. The smallest absolute Gasteiger partial charge is 0.207 e. The fourth-order valence-electron chi connectivity index (χ4n) is 1.54. The Bertz CT molecular complexity index is 504. The van der Waals surface area contributed by atoms with Crippen molar-refractivity contribution in [2.75, 3.05) is 0 Å². The maximum absolute atomic E-state index is 12.2. The molecule has 1 N–H and O–H groups in total. The fraction of sp³-hybridized carbons (Fsp3) is 0.500. The van der Waals surface area contributed by atoms with Crippen molar-refractivity contribution in [2.24, 2.45) is 0 Å². The van der Waals surface area contributed by atoms with Crippen LogP contribution in [0.2, 0.25) is 0 Å². The zero-order valence-electron chi connectivity index (χ0n) is 10.5. The van der Waals surface area contributed by atoms with Crippen LogP contribution in [0.5, 0.6) is 0 Å². The standard InChI is InChI=1S/C12H18BrNO2S/c1-5-9-8-10(13)6-7-11(9)17(15,16)14-12(2,3)4/h6-8,14H,5H2,1-4H3. The third-order valence-corrected chi connectivity index (χ3v) is 4.49. The number of hydrogen-bond donors (Lipinski definition) is 1. The van der Waals surface area contributed by atoms with Gasteiger partial charge in [0.05, 0.1) is 4.90 Å². The van der Waals surface area contributed by atoms with Gasteiger partial charge in [0.2, 0.25) is 10.0 Å². The van der Waals surface area contributed by atoms with E-state index >= 15 is 0 Å². The first-order valence-electron chi connectivity index (χ1n) is 5.48. The normalized spacial score (nSPS) is 12.8. The molecule has 0 aliphatic carbocycles. The van der Waals surface area contributed by atoms with E-state index in [1.54, 1.807) is 12.1 Å². The number of nitrogens with one attached hydrogen (secondary N) is 1. The summed E-state index contributed by atoms with van der Waals surface area (Å²) in [5.41, 5.74) is 0.341. The second-order valence-corrected chi connectivity index (χ2v) is 7.53. The second kappa shape index (κ2) is 5.08. The van der Waals surface area contributed by atoms with Crippen LogP contribution < -0.4 is 4.72 Å². The zero-order chi connectivity index (χ0) is 13.3. The predicted molar refractivity (Wildman–Crippen MR) is 73.6 cm³/mol. The van der Waals surface area contributed by atoms with E-state index < -0.39 is 15.6 Å². The summed E-state index contributed by atoms with van der Waals surface area (Å²) >= 11 is 3.35.